The molecule has 1 aliphatic rings. The highest BCUT2D eigenvalue weighted by Crippen LogP contribution is 1.95. The van der Waals surface area contributed by atoms with Crippen molar-refractivity contribution in [3.8, 4) is 0 Å². The van der Waals surface area contributed by atoms with E-state index in [0.29, 0.717) is 0 Å². The molecule has 0 unspecified atom stereocenters. The number of rotatable bonds is 1. The molecule has 1 aliphatic heterocycles. The van der Waals surface area contributed by atoms with Crippen LogP contribution in [0.25, 0.3) is 0 Å². The molecule has 1 fully saturated rings. The van der Waals surface area contributed by atoms with Crippen molar-refractivity contribution in [2.75, 3.05) is 26.7 Å². The van der Waals surface area contributed by atoms with Gasteiger partial charge < -0.3 is 15.4 Å². The second-order valence-corrected chi connectivity index (χ2v) is 2.57. The van der Waals surface area contributed by atoms with Crippen molar-refractivity contribution in [3.05, 3.63) is 0 Å². The van der Waals surface area contributed by atoms with Crippen LogP contribution in [0.15, 0.2) is 0 Å². The quantitative estimate of drug-likeness (QED) is 0.486. The number of hydrogen-bond donors (Lipinski definition) is 2. The van der Waals surface area contributed by atoms with Crippen molar-refractivity contribution in [2.45, 2.75) is 12.5 Å². The van der Waals surface area contributed by atoms with Gasteiger partial charge in [-0.2, -0.15) is 0 Å². The Kier molecular flexibility index (Phi) is 3.32. The first-order valence-corrected chi connectivity index (χ1v) is 3.86. The van der Waals surface area contributed by atoms with Crippen LogP contribution in [0.5, 0.6) is 0 Å². The van der Waals surface area contributed by atoms with Gasteiger partial charge in [0.15, 0.2) is 0 Å². The fourth-order valence-electron chi connectivity index (χ4n) is 1.15. The summed E-state index contributed by atoms with van der Waals surface area (Å²) >= 11 is 0. The zero-order valence-electron chi connectivity index (χ0n) is 6.72. The second kappa shape index (κ2) is 4.31. The lowest BCUT2D eigenvalue weighted by Gasteiger charge is -2.11. The summed E-state index contributed by atoms with van der Waals surface area (Å²) in [7, 11) is 1.42. The van der Waals surface area contributed by atoms with Crippen LogP contribution in [-0.2, 0) is 9.53 Å². The van der Waals surface area contributed by atoms with Crippen molar-refractivity contribution < 1.29 is 9.53 Å². The Morgan fingerprint density at radius 2 is 2.27 bits per heavy atom. The predicted octanol–water partition coefficient (Wildman–Crippen LogP) is -0.889. The van der Waals surface area contributed by atoms with Gasteiger partial charge in [0.25, 0.3) is 0 Å². The van der Waals surface area contributed by atoms with E-state index in [-0.39, 0.29) is 12.0 Å². The lowest BCUT2D eigenvalue weighted by molar-refractivity contribution is -0.143. The molecule has 0 bridgehead atoms. The first-order chi connectivity index (χ1) is 5.34. The molecule has 4 heteroatoms. The molecule has 4 nitrogen and oxygen atoms in total. The van der Waals surface area contributed by atoms with E-state index in [9.17, 15) is 4.79 Å². The van der Waals surface area contributed by atoms with Gasteiger partial charge in [0.05, 0.1) is 7.11 Å². The summed E-state index contributed by atoms with van der Waals surface area (Å²) in [6, 6.07) is -0.116. The molecule has 2 N–H and O–H groups in total. The summed E-state index contributed by atoms with van der Waals surface area (Å²) in [5, 5.41) is 6.28. The van der Waals surface area contributed by atoms with Gasteiger partial charge in [-0.1, -0.05) is 0 Å². The van der Waals surface area contributed by atoms with Crippen LogP contribution < -0.4 is 10.6 Å². The number of carbonyl (C=O) groups excluding carboxylic acids is 1. The van der Waals surface area contributed by atoms with E-state index in [1.54, 1.807) is 0 Å². The van der Waals surface area contributed by atoms with Gasteiger partial charge in [-0.05, 0) is 13.0 Å². The molecule has 0 saturated carbocycles. The number of methoxy groups -OCH3 is 1. The van der Waals surface area contributed by atoms with E-state index in [1.807, 2.05) is 0 Å². The second-order valence-electron chi connectivity index (χ2n) is 2.57. The minimum absolute atomic E-state index is 0.116. The van der Waals surface area contributed by atoms with Crippen LogP contribution in [0, 0.1) is 0 Å². The van der Waals surface area contributed by atoms with E-state index in [4.69, 9.17) is 0 Å². The third kappa shape index (κ3) is 2.48. The maximum absolute atomic E-state index is 11.0. The largest absolute Gasteiger partial charge is 0.468 e. The molecule has 11 heavy (non-hydrogen) atoms. The molecule has 0 amide bonds. The average Bonchev–Trinajstić information content (AvgIpc) is 2.30. The zero-order chi connectivity index (χ0) is 8.10. The summed E-state index contributed by atoms with van der Waals surface area (Å²) in [6.45, 7) is 2.64. The molecule has 1 rings (SSSR count). The lowest BCUT2D eigenvalue weighted by atomic mass is 10.2. The summed E-state index contributed by atoms with van der Waals surface area (Å²) in [6.07, 6.45) is 0.812. The normalized spacial score (nSPS) is 25.7. The highest BCUT2D eigenvalue weighted by atomic mass is 16.5. The van der Waals surface area contributed by atoms with Gasteiger partial charge >= 0.3 is 5.97 Å². The number of carbonyl (C=O) groups is 1. The van der Waals surface area contributed by atoms with Gasteiger partial charge in [0, 0.05) is 13.1 Å². The molecule has 1 heterocycles. The van der Waals surface area contributed by atoms with E-state index in [2.05, 4.69) is 15.4 Å². The number of esters is 1. The molecule has 0 aromatic heterocycles. The predicted molar refractivity (Wildman–Crippen MR) is 41.3 cm³/mol. The van der Waals surface area contributed by atoms with Gasteiger partial charge in [0.1, 0.15) is 6.04 Å². The number of ether oxygens (including phenoxy) is 1. The fraction of sp³-hybridized carbons (Fsp3) is 0.857. The van der Waals surface area contributed by atoms with Crippen LogP contribution in [0.2, 0.25) is 0 Å². The van der Waals surface area contributed by atoms with Crippen LogP contribution in [-0.4, -0.2) is 38.8 Å². The van der Waals surface area contributed by atoms with Crippen molar-refractivity contribution in [3.63, 3.8) is 0 Å². The molecule has 0 aromatic carbocycles. The third-order valence-electron chi connectivity index (χ3n) is 1.79. The van der Waals surface area contributed by atoms with Gasteiger partial charge in [-0.15, -0.1) is 0 Å². The van der Waals surface area contributed by atoms with Gasteiger partial charge in [0.2, 0.25) is 0 Å². The summed E-state index contributed by atoms with van der Waals surface area (Å²) in [5.41, 5.74) is 0. The number of nitrogens with one attached hydrogen (secondary N) is 2. The third-order valence-corrected chi connectivity index (χ3v) is 1.79. The first-order valence-electron chi connectivity index (χ1n) is 3.86. The Bertz CT molecular complexity index is 130. The maximum atomic E-state index is 11.0. The monoisotopic (exact) mass is 158 g/mol. The Balaban J connectivity index is 2.36. The highest BCUT2D eigenvalue weighted by Gasteiger charge is 2.18. The van der Waals surface area contributed by atoms with Crippen molar-refractivity contribution in [1.82, 2.24) is 10.6 Å². The summed E-state index contributed by atoms with van der Waals surface area (Å²) < 4.78 is 4.62. The van der Waals surface area contributed by atoms with E-state index in [0.717, 1.165) is 26.1 Å². The maximum Gasteiger partial charge on any atom is 0.322 e. The Hall–Kier alpha value is -0.610. The van der Waals surface area contributed by atoms with Crippen LogP contribution >= 0.6 is 0 Å². The molecule has 0 spiro atoms. The van der Waals surface area contributed by atoms with Gasteiger partial charge in [-0.25, -0.2) is 0 Å². The van der Waals surface area contributed by atoms with E-state index >= 15 is 0 Å². The molecule has 1 atom stereocenters. The van der Waals surface area contributed by atoms with Crippen LogP contribution in [0.3, 0.4) is 0 Å². The minimum Gasteiger partial charge on any atom is -0.468 e. The zero-order valence-corrected chi connectivity index (χ0v) is 6.72. The Labute approximate surface area is 66.3 Å². The smallest absolute Gasteiger partial charge is 0.322 e. The van der Waals surface area contributed by atoms with E-state index in [1.165, 1.54) is 7.11 Å². The van der Waals surface area contributed by atoms with Crippen molar-refractivity contribution in [1.29, 1.82) is 0 Å². The average molecular weight is 158 g/mol. The SMILES string of the molecule is COC(=O)[C@H]1CCNCCN1. The Morgan fingerprint density at radius 1 is 1.45 bits per heavy atom. The van der Waals surface area contributed by atoms with Crippen LogP contribution in [0.4, 0.5) is 0 Å². The fourth-order valence-corrected chi connectivity index (χ4v) is 1.15. The molecule has 64 valence electrons. The summed E-state index contributed by atoms with van der Waals surface area (Å²) in [4.78, 5) is 11.0. The number of hydrogen-bond acceptors (Lipinski definition) is 4. The van der Waals surface area contributed by atoms with Gasteiger partial charge in [-0.3, -0.25) is 4.79 Å². The highest BCUT2D eigenvalue weighted by molar-refractivity contribution is 5.75. The molecular formula is C7H14N2O2. The molecule has 1 saturated heterocycles. The molecule has 0 aliphatic carbocycles. The first kappa shape index (κ1) is 8.49. The van der Waals surface area contributed by atoms with Crippen molar-refractivity contribution in [2.24, 2.45) is 0 Å². The van der Waals surface area contributed by atoms with Crippen molar-refractivity contribution >= 4 is 5.97 Å². The molecule has 0 radical (unpaired) electrons. The van der Waals surface area contributed by atoms with Crippen LogP contribution in [0.1, 0.15) is 6.42 Å². The topological polar surface area (TPSA) is 50.4 Å². The standard InChI is InChI=1S/C7H14N2O2/c1-11-7(10)6-2-3-8-4-5-9-6/h6,8-9H,2-5H2,1H3/t6-/m1/s1. The minimum atomic E-state index is -0.159. The summed E-state index contributed by atoms with van der Waals surface area (Å²) in [5.74, 6) is -0.159. The van der Waals surface area contributed by atoms with E-state index < -0.39 is 0 Å². The Morgan fingerprint density at radius 3 is 3.00 bits per heavy atom. The molecular weight excluding hydrogens is 144 g/mol. The molecule has 0 aromatic rings. The lowest BCUT2D eigenvalue weighted by Crippen LogP contribution is -2.37.